The molecular formula is C22H19N5O. The van der Waals surface area contributed by atoms with Crippen LogP contribution in [0, 0.1) is 6.92 Å². The molecule has 6 heteroatoms. The Kier molecular flexibility index (Phi) is 4.93. The highest BCUT2D eigenvalue weighted by Crippen LogP contribution is 2.27. The molecule has 0 aliphatic heterocycles. The molecule has 4 aromatic rings. The number of carbonyl (C=O) groups excluding carboxylic acids is 1. The number of anilines is 1. The van der Waals surface area contributed by atoms with Crippen LogP contribution >= 0.6 is 0 Å². The van der Waals surface area contributed by atoms with Gasteiger partial charge in [-0.3, -0.25) is 4.79 Å². The maximum Gasteiger partial charge on any atom is 0.248 e. The SMILES string of the molecule is Cc1ccc(-c2nnn(CC(=O)Nc3ccccc3-c3ccccc3)n2)cc1. The molecule has 4 rings (SSSR count). The summed E-state index contributed by atoms with van der Waals surface area (Å²) in [7, 11) is 0. The molecule has 0 radical (unpaired) electrons. The third-order valence-electron chi connectivity index (χ3n) is 4.33. The molecule has 1 amide bonds. The van der Waals surface area contributed by atoms with Crippen LogP contribution in [0.4, 0.5) is 5.69 Å². The predicted molar refractivity (Wildman–Crippen MR) is 108 cm³/mol. The molecular weight excluding hydrogens is 350 g/mol. The number of para-hydroxylation sites is 1. The van der Waals surface area contributed by atoms with Gasteiger partial charge in [-0.15, -0.1) is 10.2 Å². The van der Waals surface area contributed by atoms with Gasteiger partial charge in [0, 0.05) is 16.8 Å². The number of aryl methyl sites for hydroxylation is 1. The summed E-state index contributed by atoms with van der Waals surface area (Å²) in [5.74, 6) is 0.286. The maximum absolute atomic E-state index is 12.5. The Morgan fingerprint density at radius 2 is 1.61 bits per heavy atom. The molecule has 0 aliphatic carbocycles. The number of amides is 1. The second-order valence-corrected chi connectivity index (χ2v) is 6.47. The minimum Gasteiger partial charge on any atom is -0.324 e. The van der Waals surface area contributed by atoms with Crippen LogP contribution in [-0.4, -0.2) is 26.1 Å². The molecule has 0 fully saturated rings. The molecule has 1 heterocycles. The number of hydrogen-bond donors (Lipinski definition) is 1. The standard InChI is InChI=1S/C22H19N5O/c1-16-11-13-18(14-12-16)22-24-26-27(25-22)15-21(28)23-20-10-6-5-9-19(20)17-7-3-2-4-8-17/h2-14H,15H2,1H3,(H,23,28). The zero-order chi connectivity index (χ0) is 19.3. The average molecular weight is 369 g/mol. The van der Waals surface area contributed by atoms with E-state index in [1.807, 2.05) is 85.8 Å². The first-order valence-electron chi connectivity index (χ1n) is 8.98. The van der Waals surface area contributed by atoms with Crippen molar-refractivity contribution >= 4 is 11.6 Å². The van der Waals surface area contributed by atoms with Gasteiger partial charge in [-0.1, -0.05) is 78.4 Å². The largest absolute Gasteiger partial charge is 0.324 e. The second-order valence-electron chi connectivity index (χ2n) is 6.47. The van der Waals surface area contributed by atoms with E-state index in [2.05, 4.69) is 20.7 Å². The van der Waals surface area contributed by atoms with Crippen molar-refractivity contribution in [2.45, 2.75) is 13.5 Å². The lowest BCUT2D eigenvalue weighted by atomic mass is 10.0. The fourth-order valence-electron chi connectivity index (χ4n) is 2.91. The molecule has 0 saturated carbocycles. The molecule has 28 heavy (non-hydrogen) atoms. The first-order valence-corrected chi connectivity index (χ1v) is 8.98. The van der Waals surface area contributed by atoms with Crippen LogP contribution in [0.3, 0.4) is 0 Å². The molecule has 1 N–H and O–H groups in total. The van der Waals surface area contributed by atoms with Gasteiger partial charge >= 0.3 is 0 Å². The minimum atomic E-state index is -0.212. The summed E-state index contributed by atoms with van der Waals surface area (Å²) in [5, 5.41) is 15.3. The Labute approximate surface area is 162 Å². The van der Waals surface area contributed by atoms with E-state index < -0.39 is 0 Å². The second kappa shape index (κ2) is 7.84. The number of tetrazole rings is 1. The van der Waals surface area contributed by atoms with Gasteiger partial charge in [0.15, 0.2) is 0 Å². The molecule has 0 unspecified atom stereocenters. The van der Waals surface area contributed by atoms with Crippen molar-refractivity contribution in [1.82, 2.24) is 20.2 Å². The van der Waals surface area contributed by atoms with Gasteiger partial charge in [-0.2, -0.15) is 4.80 Å². The third-order valence-corrected chi connectivity index (χ3v) is 4.33. The smallest absolute Gasteiger partial charge is 0.248 e. The fourth-order valence-corrected chi connectivity index (χ4v) is 2.91. The first kappa shape index (κ1) is 17.6. The third kappa shape index (κ3) is 3.96. The van der Waals surface area contributed by atoms with Crippen molar-refractivity contribution in [2.24, 2.45) is 0 Å². The normalized spacial score (nSPS) is 10.6. The molecule has 6 nitrogen and oxygen atoms in total. The van der Waals surface area contributed by atoms with E-state index in [9.17, 15) is 4.79 Å². The van der Waals surface area contributed by atoms with Gasteiger partial charge in [0.1, 0.15) is 6.54 Å². The monoisotopic (exact) mass is 369 g/mol. The van der Waals surface area contributed by atoms with Crippen molar-refractivity contribution in [3.8, 4) is 22.5 Å². The molecule has 0 bridgehead atoms. The lowest BCUT2D eigenvalue weighted by Gasteiger charge is -2.11. The zero-order valence-electron chi connectivity index (χ0n) is 15.4. The van der Waals surface area contributed by atoms with Gasteiger partial charge in [0.2, 0.25) is 11.7 Å². The first-order chi connectivity index (χ1) is 13.7. The lowest BCUT2D eigenvalue weighted by Crippen LogP contribution is -2.20. The summed E-state index contributed by atoms with van der Waals surface area (Å²) in [6.45, 7) is 2.01. The highest BCUT2D eigenvalue weighted by atomic mass is 16.2. The summed E-state index contributed by atoms with van der Waals surface area (Å²) < 4.78 is 0. The Morgan fingerprint density at radius 1 is 0.893 bits per heavy atom. The summed E-state index contributed by atoms with van der Waals surface area (Å²) in [6.07, 6.45) is 0. The molecule has 0 aliphatic rings. The van der Waals surface area contributed by atoms with E-state index in [1.165, 1.54) is 4.80 Å². The Hall–Kier alpha value is -3.80. The van der Waals surface area contributed by atoms with Crippen LogP contribution in [0.1, 0.15) is 5.56 Å². The number of nitrogens with zero attached hydrogens (tertiary/aromatic N) is 4. The number of rotatable bonds is 5. The van der Waals surface area contributed by atoms with Crippen molar-refractivity contribution in [3.05, 3.63) is 84.4 Å². The van der Waals surface area contributed by atoms with Crippen LogP contribution in [0.2, 0.25) is 0 Å². The van der Waals surface area contributed by atoms with Crippen molar-refractivity contribution in [3.63, 3.8) is 0 Å². The van der Waals surface area contributed by atoms with E-state index >= 15 is 0 Å². The number of nitrogens with one attached hydrogen (secondary N) is 1. The Bertz CT molecular complexity index is 1090. The summed E-state index contributed by atoms with van der Waals surface area (Å²) in [5.41, 5.74) is 4.78. The minimum absolute atomic E-state index is 0.0119. The molecule has 138 valence electrons. The van der Waals surface area contributed by atoms with Gasteiger partial charge in [-0.05, 0) is 23.8 Å². The van der Waals surface area contributed by atoms with Gasteiger partial charge in [-0.25, -0.2) is 0 Å². The van der Waals surface area contributed by atoms with E-state index in [0.29, 0.717) is 5.82 Å². The highest BCUT2D eigenvalue weighted by molar-refractivity contribution is 5.95. The maximum atomic E-state index is 12.5. The van der Waals surface area contributed by atoms with Crippen LogP contribution in [-0.2, 0) is 11.3 Å². The molecule has 0 spiro atoms. The molecule has 0 atom stereocenters. The lowest BCUT2D eigenvalue weighted by molar-refractivity contribution is -0.117. The van der Waals surface area contributed by atoms with Crippen LogP contribution in [0.25, 0.3) is 22.5 Å². The topological polar surface area (TPSA) is 72.7 Å². The Morgan fingerprint density at radius 3 is 2.39 bits per heavy atom. The predicted octanol–water partition coefficient (Wildman–Crippen LogP) is 3.95. The number of benzene rings is 3. The average Bonchev–Trinajstić information content (AvgIpc) is 3.18. The Balaban J connectivity index is 1.48. The number of aromatic nitrogens is 4. The van der Waals surface area contributed by atoms with Crippen LogP contribution in [0.15, 0.2) is 78.9 Å². The van der Waals surface area contributed by atoms with E-state index in [4.69, 9.17) is 0 Å². The zero-order valence-corrected chi connectivity index (χ0v) is 15.4. The van der Waals surface area contributed by atoms with E-state index in [0.717, 1.165) is 27.9 Å². The molecule has 0 saturated heterocycles. The van der Waals surface area contributed by atoms with Crippen LogP contribution < -0.4 is 5.32 Å². The van der Waals surface area contributed by atoms with Crippen molar-refractivity contribution in [2.75, 3.05) is 5.32 Å². The molecule has 1 aromatic heterocycles. The van der Waals surface area contributed by atoms with Crippen molar-refractivity contribution in [1.29, 1.82) is 0 Å². The van der Waals surface area contributed by atoms with Gasteiger partial charge in [0.25, 0.3) is 0 Å². The summed E-state index contributed by atoms with van der Waals surface area (Å²) in [4.78, 5) is 13.8. The summed E-state index contributed by atoms with van der Waals surface area (Å²) in [6, 6.07) is 25.5. The number of carbonyl (C=O) groups is 1. The van der Waals surface area contributed by atoms with E-state index in [-0.39, 0.29) is 12.5 Å². The summed E-state index contributed by atoms with van der Waals surface area (Å²) >= 11 is 0. The van der Waals surface area contributed by atoms with Crippen molar-refractivity contribution < 1.29 is 4.79 Å². The van der Waals surface area contributed by atoms with Gasteiger partial charge < -0.3 is 5.32 Å². The van der Waals surface area contributed by atoms with Gasteiger partial charge in [0.05, 0.1) is 0 Å². The van der Waals surface area contributed by atoms with Crippen LogP contribution in [0.5, 0.6) is 0 Å². The molecule has 3 aromatic carbocycles. The quantitative estimate of drug-likeness (QED) is 0.578. The number of hydrogen-bond acceptors (Lipinski definition) is 4. The van der Waals surface area contributed by atoms with E-state index in [1.54, 1.807) is 0 Å². The fraction of sp³-hybridized carbons (Fsp3) is 0.0909. The highest BCUT2D eigenvalue weighted by Gasteiger charge is 2.12.